The third-order valence-corrected chi connectivity index (χ3v) is 4.98. The van der Waals surface area contributed by atoms with Crippen LogP contribution in [0.2, 0.25) is 0 Å². The summed E-state index contributed by atoms with van der Waals surface area (Å²) in [5, 5.41) is 11.1. The van der Waals surface area contributed by atoms with E-state index >= 15 is 0 Å². The van der Waals surface area contributed by atoms with Gasteiger partial charge in [0, 0.05) is 10.9 Å². The molecule has 0 spiro atoms. The third kappa shape index (κ3) is 2.77. The van der Waals surface area contributed by atoms with E-state index in [0.717, 1.165) is 12.0 Å². The zero-order valence-corrected chi connectivity index (χ0v) is 13.5. The monoisotopic (exact) mass is 348 g/mol. The van der Waals surface area contributed by atoms with Crippen LogP contribution in [0.4, 0.5) is 4.39 Å². The summed E-state index contributed by atoms with van der Waals surface area (Å²) in [7, 11) is 0. The number of hydrogen-bond donors (Lipinski definition) is 1. The fourth-order valence-corrected chi connectivity index (χ4v) is 3.59. The molecule has 0 aromatic heterocycles. The van der Waals surface area contributed by atoms with Gasteiger partial charge >= 0.3 is 0 Å². The van der Waals surface area contributed by atoms with Gasteiger partial charge in [-0.25, -0.2) is 4.39 Å². The van der Waals surface area contributed by atoms with Crippen LogP contribution in [0.1, 0.15) is 42.4 Å². The second-order valence-electron chi connectivity index (χ2n) is 5.97. The molecule has 3 rings (SSSR count). The summed E-state index contributed by atoms with van der Waals surface area (Å²) in [6.07, 6.45) is 1.90. The van der Waals surface area contributed by atoms with Crippen molar-refractivity contribution in [1.29, 1.82) is 0 Å². The van der Waals surface area contributed by atoms with Crippen LogP contribution in [0.25, 0.3) is 0 Å². The van der Waals surface area contributed by atoms with Gasteiger partial charge in [-0.3, -0.25) is 0 Å². The first-order valence-corrected chi connectivity index (χ1v) is 8.04. The number of rotatable bonds is 2. The molecular formula is C18H18BrFO. The molecule has 0 amide bonds. The molecule has 0 radical (unpaired) electrons. The normalized spacial score (nSPS) is 24.7. The lowest BCUT2D eigenvalue weighted by molar-refractivity contribution is 0.0151. The van der Waals surface area contributed by atoms with Crippen LogP contribution in [0.5, 0.6) is 0 Å². The predicted octanol–water partition coefficient (Wildman–Crippen LogP) is 4.92. The lowest BCUT2D eigenvalue weighted by atomic mass is 9.72. The first-order chi connectivity index (χ1) is 9.99. The molecule has 21 heavy (non-hydrogen) atoms. The van der Waals surface area contributed by atoms with E-state index in [9.17, 15) is 9.50 Å². The van der Waals surface area contributed by atoms with Crippen LogP contribution in [0.3, 0.4) is 0 Å². The van der Waals surface area contributed by atoms with Gasteiger partial charge in [0.1, 0.15) is 5.82 Å². The maximum atomic E-state index is 14.1. The van der Waals surface area contributed by atoms with Crippen molar-refractivity contribution in [2.24, 2.45) is 0 Å². The fraction of sp³-hybridized carbons (Fsp3) is 0.333. The Bertz CT molecular complexity index is 670. The van der Waals surface area contributed by atoms with E-state index in [1.165, 1.54) is 11.6 Å². The van der Waals surface area contributed by atoms with Crippen molar-refractivity contribution in [3.8, 4) is 0 Å². The maximum Gasteiger partial charge on any atom is 0.127 e. The minimum atomic E-state index is -0.974. The molecular weight excluding hydrogens is 331 g/mol. The summed E-state index contributed by atoms with van der Waals surface area (Å²) in [6.45, 7) is 2.18. The molecule has 2 aromatic carbocycles. The maximum absolute atomic E-state index is 14.1. The topological polar surface area (TPSA) is 20.2 Å². The van der Waals surface area contributed by atoms with Crippen molar-refractivity contribution in [2.45, 2.75) is 37.7 Å². The first-order valence-electron chi connectivity index (χ1n) is 7.25. The van der Waals surface area contributed by atoms with E-state index in [0.29, 0.717) is 28.8 Å². The Morgan fingerprint density at radius 3 is 2.81 bits per heavy atom. The predicted molar refractivity (Wildman–Crippen MR) is 85.8 cm³/mol. The van der Waals surface area contributed by atoms with Crippen molar-refractivity contribution < 1.29 is 9.50 Å². The molecule has 1 aliphatic rings. The third-order valence-electron chi connectivity index (χ3n) is 4.48. The molecule has 1 aliphatic carbocycles. The molecule has 1 N–H and O–H groups in total. The van der Waals surface area contributed by atoms with E-state index in [2.05, 4.69) is 28.9 Å². The molecule has 2 aromatic rings. The number of aliphatic hydroxyl groups is 1. The Morgan fingerprint density at radius 2 is 2.05 bits per heavy atom. The Hall–Kier alpha value is -1.19. The molecule has 110 valence electrons. The minimum Gasteiger partial charge on any atom is -0.385 e. The van der Waals surface area contributed by atoms with Crippen LogP contribution >= 0.6 is 15.9 Å². The molecule has 0 fully saturated rings. The largest absolute Gasteiger partial charge is 0.385 e. The fourth-order valence-electron chi connectivity index (χ4n) is 3.26. The molecule has 1 nitrogen and oxygen atoms in total. The van der Waals surface area contributed by atoms with Crippen molar-refractivity contribution in [3.63, 3.8) is 0 Å². The molecule has 0 saturated heterocycles. The highest BCUT2D eigenvalue weighted by atomic mass is 79.9. The second kappa shape index (κ2) is 5.54. The molecule has 0 saturated carbocycles. The lowest BCUT2D eigenvalue weighted by Crippen LogP contribution is -2.34. The van der Waals surface area contributed by atoms with Crippen LogP contribution in [-0.2, 0) is 12.0 Å². The molecule has 0 aliphatic heterocycles. The highest BCUT2D eigenvalue weighted by molar-refractivity contribution is 9.10. The van der Waals surface area contributed by atoms with Gasteiger partial charge in [-0.2, -0.15) is 0 Å². The molecule has 3 heteroatoms. The van der Waals surface area contributed by atoms with E-state index in [1.807, 2.05) is 24.3 Å². The van der Waals surface area contributed by atoms with Gasteiger partial charge in [0.2, 0.25) is 0 Å². The minimum absolute atomic E-state index is 0.270. The van der Waals surface area contributed by atoms with E-state index in [1.54, 1.807) is 6.07 Å². The SMILES string of the molecule is CC1CCC(O)(Cc2ccc(Br)cc2F)c2ccccc21. The Balaban J connectivity index is 2.00. The van der Waals surface area contributed by atoms with Crippen LogP contribution < -0.4 is 0 Å². The first kappa shape index (κ1) is 14.7. The number of hydrogen-bond acceptors (Lipinski definition) is 1. The average Bonchev–Trinajstić information content (AvgIpc) is 2.47. The summed E-state index contributed by atoms with van der Waals surface area (Å²) >= 11 is 3.27. The highest BCUT2D eigenvalue weighted by Crippen LogP contribution is 2.43. The Kier molecular flexibility index (Phi) is 3.89. The van der Waals surface area contributed by atoms with Crippen LogP contribution in [0.15, 0.2) is 46.9 Å². The zero-order valence-electron chi connectivity index (χ0n) is 11.9. The van der Waals surface area contributed by atoms with E-state index < -0.39 is 5.60 Å². The van der Waals surface area contributed by atoms with Gasteiger partial charge < -0.3 is 5.11 Å². The zero-order chi connectivity index (χ0) is 15.0. The van der Waals surface area contributed by atoms with Crippen molar-refractivity contribution in [2.75, 3.05) is 0 Å². The number of halogens is 2. The molecule has 2 atom stereocenters. The van der Waals surface area contributed by atoms with Gasteiger partial charge in [0.05, 0.1) is 5.60 Å². The highest BCUT2D eigenvalue weighted by Gasteiger charge is 2.37. The van der Waals surface area contributed by atoms with Crippen molar-refractivity contribution in [3.05, 3.63) is 69.4 Å². The van der Waals surface area contributed by atoms with Gasteiger partial charge in [-0.15, -0.1) is 0 Å². The van der Waals surface area contributed by atoms with Crippen LogP contribution in [0, 0.1) is 5.82 Å². The smallest absolute Gasteiger partial charge is 0.127 e. The van der Waals surface area contributed by atoms with E-state index in [4.69, 9.17) is 0 Å². The van der Waals surface area contributed by atoms with Gasteiger partial charge in [0.25, 0.3) is 0 Å². The summed E-state index contributed by atoms with van der Waals surface area (Å²) in [6, 6.07) is 13.0. The number of fused-ring (bicyclic) bond motifs is 1. The van der Waals surface area contributed by atoms with Crippen molar-refractivity contribution in [1.82, 2.24) is 0 Å². The van der Waals surface area contributed by atoms with E-state index in [-0.39, 0.29) is 5.82 Å². The van der Waals surface area contributed by atoms with Gasteiger partial charge in [-0.1, -0.05) is 53.2 Å². The Morgan fingerprint density at radius 1 is 1.29 bits per heavy atom. The van der Waals surface area contributed by atoms with Gasteiger partial charge in [-0.05, 0) is 47.6 Å². The molecule has 0 heterocycles. The van der Waals surface area contributed by atoms with Gasteiger partial charge in [0.15, 0.2) is 0 Å². The average molecular weight is 349 g/mol. The standard InChI is InChI=1S/C18H18BrFO/c1-12-8-9-18(21,16-5-3-2-4-15(12)16)11-13-6-7-14(19)10-17(13)20/h2-7,10,12,21H,8-9,11H2,1H3. The summed E-state index contributed by atoms with van der Waals surface area (Å²) < 4.78 is 14.8. The molecule has 0 bridgehead atoms. The summed E-state index contributed by atoms with van der Waals surface area (Å²) in [5.74, 6) is 0.171. The van der Waals surface area contributed by atoms with Crippen molar-refractivity contribution >= 4 is 15.9 Å². The lowest BCUT2D eigenvalue weighted by Gasteiger charge is -2.37. The quantitative estimate of drug-likeness (QED) is 0.816. The second-order valence-corrected chi connectivity index (χ2v) is 6.89. The Labute approximate surface area is 132 Å². The van der Waals surface area contributed by atoms with Crippen LogP contribution in [-0.4, -0.2) is 5.11 Å². The summed E-state index contributed by atoms with van der Waals surface area (Å²) in [4.78, 5) is 0. The number of benzene rings is 2. The molecule has 2 unspecified atom stereocenters. The summed E-state index contributed by atoms with van der Waals surface area (Å²) in [5.41, 5.74) is 1.72.